The van der Waals surface area contributed by atoms with Gasteiger partial charge in [-0.15, -0.1) is 13.2 Å². The number of nitrogens with zero attached hydrogens (tertiary/aromatic N) is 2. The first kappa shape index (κ1) is 15.4. The van der Waals surface area contributed by atoms with E-state index in [0.29, 0.717) is 18.8 Å². The van der Waals surface area contributed by atoms with Crippen LogP contribution in [0.25, 0.3) is 0 Å². The Hall–Kier alpha value is -2.63. The molecule has 1 rings (SSSR count). The van der Waals surface area contributed by atoms with Gasteiger partial charge in [-0.05, 0) is 6.07 Å². The van der Waals surface area contributed by atoms with Crippen LogP contribution < -0.4 is 5.32 Å². The maximum Gasteiger partial charge on any atom is 0.292 e. The summed E-state index contributed by atoms with van der Waals surface area (Å²) in [5, 5.41) is 13.6. The lowest BCUT2D eigenvalue weighted by Gasteiger charge is -2.19. The molecule has 0 saturated heterocycles. The molecule has 0 spiro atoms. The third kappa shape index (κ3) is 4.24. The van der Waals surface area contributed by atoms with Crippen LogP contribution in [0.2, 0.25) is 0 Å². The molecule has 1 aromatic rings. The number of hydrogen-bond donors (Lipinski definition) is 1. The molecule has 0 unspecified atom stereocenters. The van der Waals surface area contributed by atoms with E-state index in [1.54, 1.807) is 35.3 Å². The van der Waals surface area contributed by atoms with Crippen LogP contribution in [0.1, 0.15) is 0 Å². The van der Waals surface area contributed by atoms with Crippen LogP contribution in [-0.2, 0) is 4.79 Å². The summed E-state index contributed by atoms with van der Waals surface area (Å²) in [5.41, 5.74) is 0.266. The third-order valence-electron chi connectivity index (χ3n) is 2.58. The molecular weight excluding hydrogens is 258 g/mol. The molecule has 106 valence electrons. The number of amides is 1. The number of nitro groups is 1. The van der Waals surface area contributed by atoms with Crippen LogP contribution in [0.4, 0.5) is 11.4 Å². The minimum absolute atomic E-state index is 0.0213. The zero-order valence-electron chi connectivity index (χ0n) is 11.1. The molecule has 0 aromatic heterocycles. The van der Waals surface area contributed by atoms with Crippen molar-refractivity contribution in [2.45, 2.75) is 0 Å². The molecule has 0 bridgehead atoms. The van der Waals surface area contributed by atoms with Crippen molar-refractivity contribution in [2.75, 3.05) is 25.0 Å². The molecule has 0 saturated carbocycles. The van der Waals surface area contributed by atoms with Crippen molar-refractivity contribution >= 4 is 17.3 Å². The van der Waals surface area contributed by atoms with Crippen LogP contribution in [0.15, 0.2) is 49.6 Å². The molecule has 0 fully saturated rings. The predicted octanol–water partition coefficient (Wildman–Crippen LogP) is 2.21. The fraction of sp³-hybridized carbons (Fsp3) is 0.214. The molecule has 6 heteroatoms. The fourth-order valence-electron chi connectivity index (χ4n) is 1.65. The van der Waals surface area contributed by atoms with E-state index in [0.717, 1.165) is 0 Å². The summed E-state index contributed by atoms with van der Waals surface area (Å²) in [4.78, 5) is 23.9. The highest BCUT2D eigenvalue weighted by atomic mass is 16.6. The second-order valence-electron chi connectivity index (χ2n) is 4.00. The third-order valence-corrected chi connectivity index (χ3v) is 2.58. The van der Waals surface area contributed by atoms with Gasteiger partial charge < -0.3 is 10.2 Å². The summed E-state index contributed by atoms with van der Waals surface area (Å²) < 4.78 is 0. The lowest BCUT2D eigenvalue weighted by molar-refractivity contribution is -0.383. The minimum atomic E-state index is -0.488. The smallest absolute Gasteiger partial charge is 0.292 e. The summed E-state index contributed by atoms with van der Waals surface area (Å²) in [7, 11) is 0. The number of benzene rings is 1. The number of hydrogen-bond acceptors (Lipinski definition) is 4. The molecule has 0 aliphatic carbocycles. The largest absolute Gasteiger partial charge is 0.371 e. The normalized spacial score (nSPS) is 9.60. The van der Waals surface area contributed by atoms with Gasteiger partial charge >= 0.3 is 0 Å². The van der Waals surface area contributed by atoms with Gasteiger partial charge in [0.1, 0.15) is 5.69 Å². The van der Waals surface area contributed by atoms with E-state index in [4.69, 9.17) is 0 Å². The van der Waals surface area contributed by atoms with Gasteiger partial charge in [0.15, 0.2) is 0 Å². The zero-order chi connectivity index (χ0) is 15.0. The van der Waals surface area contributed by atoms with E-state index < -0.39 is 4.92 Å². The Morgan fingerprint density at radius 1 is 1.30 bits per heavy atom. The first-order chi connectivity index (χ1) is 9.60. The maximum atomic E-state index is 12.0. The molecule has 0 aliphatic heterocycles. The van der Waals surface area contributed by atoms with Crippen molar-refractivity contribution in [2.24, 2.45) is 0 Å². The number of para-hydroxylation sites is 2. The number of nitrogens with one attached hydrogen (secondary N) is 1. The molecule has 6 nitrogen and oxygen atoms in total. The number of carbonyl (C=O) groups is 1. The van der Waals surface area contributed by atoms with E-state index in [-0.39, 0.29) is 18.1 Å². The van der Waals surface area contributed by atoms with Crippen molar-refractivity contribution in [3.63, 3.8) is 0 Å². The summed E-state index contributed by atoms with van der Waals surface area (Å²) in [6.07, 6.45) is 3.23. The first-order valence-electron chi connectivity index (χ1n) is 6.07. The molecule has 1 N–H and O–H groups in total. The van der Waals surface area contributed by atoms with E-state index >= 15 is 0 Å². The Labute approximate surface area is 117 Å². The lowest BCUT2D eigenvalue weighted by Crippen LogP contribution is -2.35. The average Bonchev–Trinajstić information content (AvgIpc) is 2.44. The number of nitro benzene ring substituents is 1. The van der Waals surface area contributed by atoms with Crippen LogP contribution in [0.5, 0.6) is 0 Å². The van der Waals surface area contributed by atoms with Gasteiger partial charge in [0, 0.05) is 19.2 Å². The SMILES string of the molecule is C=CCN(CC=C)C(=O)CNc1ccccc1[N+](=O)[O-]. The number of carbonyl (C=O) groups excluding carboxylic acids is 1. The summed E-state index contributed by atoms with van der Waals surface area (Å²) >= 11 is 0. The molecule has 1 aromatic carbocycles. The first-order valence-corrected chi connectivity index (χ1v) is 6.07. The Morgan fingerprint density at radius 2 is 1.90 bits per heavy atom. The number of rotatable bonds is 8. The second-order valence-corrected chi connectivity index (χ2v) is 4.00. The second kappa shape index (κ2) is 7.73. The van der Waals surface area contributed by atoms with Crippen molar-refractivity contribution in [3.8, 4) is 0 Å². The minimum Gasteiger partial charge on any atom is -0.371 e. The highest BCUT2D eigenvalue weighted by Gasteiger charge is 2.15. The summed E-state index contributed by atoms with van der Waals surface area (Å²) in [6, 6.07) is 6.20. The van der Waals surface area contributed by atoms with Crippen molar-refractivity contribution in [3.05, 3.63) is 59.7 Å². The quantitative estimate of drug-likeness (QED) is 0.448. The van der Waals surface area contributed by atoms with E-state index in [1.807, 2.05) is 0 Å². The van der Waals surface area contributed by atoms with Crippen molar-refractivity contribution in [1.29, 1.82) is 0 Å². The van der Waals surface area contributed by atoms with Gasteiger partial charge in [-0.3, -0.25) is 14.9 Å². The van der Waals surface area contributed by atoms with Crippen LogP contribution in [0.3, 0.4) is 0 Å². The topological polar surface area (TPSA) is 75.5 Å². The van der Waals surface area contributed by atoms with Gasteiger partial charge in [-0.25, -0.2) is 0 Å². The summed E-state index contributed by atoms with van der Waals surface area (Å²) in [5.74, 6) is -0.178. The molecule has 1 amide bonds. The van der Waals surface area contributed by atoms with Crippen LogP contribution in [-0.4, -0.2) is 35.4 Å². The van der Waals surface area contributed by atoms with Crippen LogP contribution in [0, 0.1) is 10.1 Å². The van der Waals surface area contributed by atoms with E-state index in [1.165, 1.54) is 6.07 Å². The lowest BCUT2D eigenvalue weighted by atomic mass is 10.2. The van der Waals surface area contributed by atoms with Gasteiger partial charge in [-0.1, -0.05) is 24.3 Å². The highest BCUT2D eigenvalue weighted by molar-refractivity contribution is 5.82. The molecular formula is C14H17N3O3. The van der Waals surface area contributed by atoms with Gasteiger partial charge in [-0.2, -0.15) is 0 Å². The highest BCUT2D eigenvalue weighted by Crippen LogP contribution is 2.22. The Kier molecular flexibility index (Phi) is 5.96. The Morgan fingerprint density at radius 3 is 2.45 bits per heavy atom. The predicted molar refractivity (Wildman–Crippen MR) is 78.6 cm³/mol. The maximum absolute atomic E-state index is 12.0. The van der Waals surface area contributed by atoms with Gasteiger partial charge in [0.25, 0.3) is 5.69 Å². The fourth-order valence-corrected chi connectivity index (χ4v) is 1.65. The molecule has 0 heterocycles. The molecule has 0 radical (unpaired) electrons. The van der Waals surface area contributed by atoms with Crippen molar-refractivity contribution in [1.82, 2.24) is 4.90 Å². The zero-order valence-corrected chi connectivity index (χ0v) is 11.1. The molecule has 20 heavy (non-hydrogen) atoms. The average molecular weight is 275 g/mol. The Bertz CT molecular complexity index is 504. The van der Waals surface area contributed by atoms with Crippen molar-refractivity contribution < 1.29 is 9.72 Å². The number of anilines is 1. The Balaban J connectivity index is 2.71. The molecule has 0 aliphatic rings. The van der Waals surface area contributed by atoms with Crippen LogP contribution >= 0.6 is 0 Å². The summed E-state index contributed by atoms with van der Waals surface area (Å²) in [6.45, 7) is 7.96. The van der Waals surface area contributed by atoms with Gasteiger partial charge in [0.2, 0.25) is 5.91 Å². The van der Waals surface area contributed by atoms with E-state index in [2.05, 4.69) is 18.5 Å². The monoisotopic (exact) mass is 275 g/mol. The molecule has 0 atom stereocenters. The van der Waals surface area contributed by atoms with E-state index in [9.17, 15) is 14.9 Å². The standard InChI is InChI=1S/C14H17N3O3/c1-3-9-16(10-4-2)14(18)11-15-12-7-5-6-8-13(12)17(19)20/h3-8,15H,1-2,9-11H2. The van der Waals surface area contributed by atoms with Gasteiger partial charge in [0.05, 0.1) is 11.5 Å².